The van der Waals surface area contributed by atoms with E-state index >= 15 is 0 Å². The number of aryl methyl sites for hydroxylation is 2. The Bertz CT molecular complexity index is 678. The molecule has 0 radical (unpaired) electrons. The lowest BCUT2D eigenvalue weighted by Crippen LogP contribution is -2.04. The molecule has 0 aromatic heterocycles. The first kappa shape index (κ1) is 20.8. The van der Waals surface area contributed by atoms with Gasteiger partial charge in [0, 0.05) is 0 Å². The Hall–Kier alpha value is -1.48. The number of halogens is 1. The minimum absolute atomic E-state index is 0.468. The monoisotopic (exact) mass is 396 g/mol. The van der Waals surface area contributed by atoms with Crippen molar-refractivity contribution >= 4 is 19.7 Å². The number of para-hydroxylation sites is 2. The summed E-state index contributed by atoms with van der Waals surface area (Å²) in [5.74, 6) is 0.937. The molecule has 0 aliphatic heterocycles. The molecular weight excluding hydrogens is 371 g/mol. The van der Waals surface area contributed by atoms with Gasteiger partial charge in [0.2, 0.25) is 0 Å². The van der Waals surface area contributed by atoms with Crippen LogP contribution in [0.25, 0.3) is 0 Å². The van der Waals surface area contributed by atoms with Crippen molar-refractivity contribution in [1.29, 1.82) is 0 Å². The van der Waals surface area contributed by atoms with Crippen LogP contribution in [-0.4, -0.2) is 0 Å². The van der Waals surface area contributed by atoms with Crippen LogP contribution in [0.2, 0.25) is 0 Å². The van der Waals surface area contributed by atoms with E-state index in [9.17, 15) is 4.57 Å². The average Bonchev–Trinajstić information content (AvgIpc) is 2.66. The zero-order valence-electron chi connectivity index (χ0n) is 15.3. The number of benzene rings is 2. The molecule has 0 amide bonds. The van der Waals surface area contributed by atoms with Gasteiger partial charge in [0.25, 0.3) is 0 Å². The first-order chi connectivity index (χ1) is 12.6. The van der Waals surface area contributed by atoms with E-state index in [0.29, 0.717) is 11.5 Å². The van der Waals surface area contributed by atoms with Crippen molar-refractivity contribution in [2.24, 2.45) is 0 Å². The fourth-order valence-electron chi connectivity index (χ4n) is 2.62. The molecule has 2 aromatic carbocycles. The van der Waals surface area contributed by atoms with Crippen LogP contribution in [0.4, 0.5) is 0 Å². The van der Waals surface area contributed by atoms with Crippen molar-refractivity contribution in [1.82, 2.24) is 0 Å². The SMILES string of the molecule is CCCCc1ccccc1OP(=O)(OCl)Oc1ccccc1CCCC. The number of phosphoric acid groups is 1. The number of hydrogen-bond acceptors (Lipinski definition) is 4. The highest BCUT2D eigenvalue weighted by molar-refractivity contribution is 7.50. The van der Waals surface area contributed by atoms with Gasteiger partial charge in [-0.2, -0.15) is 4.08 Å². The molecule has 142 valence electrons. The van der Waals surface area contributed by atoms with Gasteiger partial charge in [-0.05, 0) is 48.9 Å². The molecule has 2 rings (SSSR count). The molecular formula is C20H26ClO4P. The molecule has 0 saturated heterocycles. The van der Waals surface area contributed by atoms with Crippen molar-refractivity contribution in [2.75, 3.05) is 0 Å². The van der Waals surface area contributed by atoms with E-state index in [4.69, 9.17) is 20.9 Å². The minimum atomic E-state index is -4.00. The Morgan fingerprint density at radius 2 is 1.23 bits per heavy atom. The summed E-state index contributed by atoms with van der Waals surface area (Å²) >= 11 is 5.51. The number of unbranched alkanes of at least 4 members (excludes halogenated alkanes) is 2. The number of phosphoric ester groups is 1. The second-order valence-electron chi connectivity index (χ2n) is 6.12. The zero-order valence-corrected chi connectivity index (χ0v) is 17.0. The average molecular weight is 397 g/mol. The van der Waals surface area contributed by atoms with Gasteiger partial charge in [0.05, 0.1) is 11.9 Å². The van der Waals surface area contributed by atoms with Crippen LogP contribution in [0.15, 0.2) is 48.5 Å². The maximum absolute atomic E-state index is 13.0. The van der Waals surface area contributed by atoms with Gasteiger partial charge in [-0.15, -0.1) is 0 Å². The molecule has 6 heteroatoms. The molecule has 0 unspecified atom stereocenters. The van der Waals surface area contributed by atoms with Crippen LogP contribution >= 0.6 is 19.7 Å². The Morgan fingerprint density at radius 1 is 0.808 bits per heavy atom. The standard InChI is InChI=1S/C20H26ClO4P/c1-3-5-11-17-13-7-9-15-19(17)23-26(22,25-21)24-20-16-10-8-14-18(20)12-6-4-2/h7-10,13-16H,3-6,11-12H2,1-2H3. The summed E-state index contributed by atoms with van der Waals surface area (Å²) in [6.07, 6.45) is 5.77. The largest absolute Gasteiger partial charge is 0.604 e. The number of rotatable bonds is 11. The summed E-state index contributed by atoms with van der Waals surface area (Å²) in [7, 11) is -4.00. The van der Waals surface area contributed by atoms with Crippen molar-refractivity contribution in [3.05, 3.63) is 59.7 Å². The topological polar surface area (TPSA) is 44.8 Å². The fraction of sp³-hybridized carbons (Fsp3) is 0.400. The highest BCUT2D eigenvalue weighted by atomic mass is 35.5. The molecule has 0 atom stereocenters. The third-order valence-corrected chi connectivity index (χ3v) is 5.57. The summed E-state index contributed by atoms with van der Waals surface area (Å²) in [4.78, 5) is 0. The predicted molar refractivity (Wildman–Crippen MR) is 106 cm³/mol. The minimum Gasteiger partial charge on any atom is -0.394 e. The summed E-state index contributed by atoms with van der Waals surface area (Å²) in [6, 6.07) is 14.9. The zero-order chi connectivity index (χ0) is 18.8. The van der Waals surface area contributed by atoms with Crippen LogP contribution in [-0.2, 0) is 21.5 Å². The molecule has 26 heavy (non-hydrogen) atoms. The quantitative estimate of drug-likeness (QED) is 0.379. The Labute approximate surface area is 161 Å². The lowest BCUT2D eigenvalue weighted by molar-refractivity contribution is 0.305. The lowest BCUT2D eigenvalue weighted by atomic mass is 10.1. The summed E-state index contributed by atoms with van der Waals surface area (Å²) in [5.41, 5.74) is 1.90. The van der Waals surface area contributed by atoms with Crippen molar-refractivity contribution in [3.8, 4) is 11.5 Å². The molecule has 0 saturated carbocycles. The first-order valence-corrected chi connectivity index (χ1v) is 10.8. The van der Waals surface area contributed by atoms with Crippen LogP contribution in [0.1, 0.15) is 50.7 Å². The Kier molecular flexibility index (Phi) is 8.50. The van der Waals surface area contributed by atoms with Gasteiger partial charge >= 0.3 is 7.82 Å². The highest BCUT2D eigenvalue weighted by Gasteiger charge is 2.32. The van der Waals surface area contributed by atoms with Gasteiger partial charge < -0.3 is 9.05 Å². The molecule has 0 aliphatic rings. The molecule has 2 aromatic rings. The fourth-order valence-corrected chi connectivity index (χ4v) is 3.72. The third-order valence-electron chi connectivity index (χ3n) is 4.05. The molecule has 0 aliphatic carbocycles. The van der Waals surface area contributed by atoms with E-state index in [1.54, 1.807) is 12.1 Å². The Balaban J connectivity index is 2.21. The summed E-state index contributed by atoms with van der Waals surface area (Å²) in [6.45, 7) is 4.24. The van der Waals surface area contributed by atoms with E-state index in [1.165, 1.54) is 0 Å². The predicted octanol–water partition coefficient (Wildman–Crippen LogP) is 7.11. The van der Waals surface area contributed by atoms with E-state index in [0.717, 1.165) is 49.7 Å². The van der Waals surface area contributed by atoms with Crippen LogP contribution in [0, 0.1) is 0 Å². The molecule has 0 spiro atoms. The smallest absolute Gasteiger partial charge is 0.394 e. The number of hydrogen-bond donors (Lipinski definition) is 0. The highest BCUT2D eigenvalue weighted by Crippen LogP contribution is 2.52. The summed E-state index contributed by atoms with van der Waals surface area (Å²) < 4.78 is 28.9. The van der Waals surface area contributed by atoms with Crippen molar-refractivity contribution in [2.45, 2.75) is 52.4 Å². The van der Waals surface area contributed by atoms with Crippen LogP contribution in [0.5, 0.6) is 11.5 Å². The Morgan fingerprint density at radius 3 is 1.62 bits per heavy atom. The molecule has 0 N–H and O–H groups in total. The summed E-state index contributed by atoms with van der Waals surface area (Å²) in [5, 5.41) is 0. The maximum Gasteiger partial charge on any atom is 0.604 e. The molecule has 0 bridgehead atoms. The maximum atomic E-state index is 13.0. The van der Waals surface area contributed by atoms with Gasteiger partial charge in [0.1, 0.15) is 11.5 Å². The van der Waals surface area contributed by atoms with E-state index < -0.39 is 7.82 Å². The van der Waals surface area contributed by atoms with Gasteiger partial charge in [-0.25, -0.2) is 4.57 Å². The van der Waals surface area contributed by atoms with Gasteiger partial charge in [-0.1, -0.05) is 63.1 Å². The second-order valence-corrected chi connectivity index (χ2v) is 7.93. The third kappa shape index (κ3) is 6.05. The first-order valence-electron chi connectivity index (χ1n) is 9.07. The van der Waals surface area contributed by atoms with Gasteiger partial charge in [-0.3, -0.25) is 0 Å². The second kappa shape index (κ2) is 10.6. The lowest BCUT2D eigenvalue weighted by Gasteiger charge is -2.19. The normalized spacial score (nSPS) is 11.3. The van der Waals surface area contributed by atoms with Crippen LogP contribution in [0.3, 0.4) is 0 Å². The van der Waals surface area contributed by atoms with Crippen molar-refractivity contribution in [3.63, 3.8) is 0 Å². The van der Waals surface area contributed by atoms with E-state index in [2.05, 4.69) is 17.9 Å². The molecule has 0 fully saturated rings. The molecule has 4 nitrogen and oxygen atoms in total. The molecule has 0 heterocycles. The van der Waals surface area contributed by atoms with E-state index in [-0.39, 0.29) is 0 Å². The van der Waals surface area contributed by atoms with E-state index in [1.807, 2.05) is 36.4 Å². The van der Waals surface area contributed by atoms with Gasteiger partial charge in [0.15, 0.2) is 0 Å². The van der Waals surface area contributed by atoms with Crippen molar-refractivity contribution < 1.29 is 17.7 Å². The van der Waals surface area contributed by atoms with Crippen LogP contribution < -0.4 is 9.05 Å².